The Balaban J connectivity index is 1.73. The number of nitrogens with one attached hydrogen (secondary N) is 2. The summed E-state index contributed by atoms with van der Waals surface area (Å²) in [7, 11) is -0.534. The topological polar surface area (TPSA) is 105 Å². The van der Waals surface area contributed by atoms with Crippen molar-refractivity contribution >= 4 is 37.2 Å². The van der Waals surface area contributed by atoms with Crippen LogP contribution in [0.1, 0.15) is 38.8 Å². The zero-order chi connectivity index (χ0) is 27.9. The Morgan fingerprint density at radius 1 is 1.24 bits per heavy atom. The summed E-state index contributed by atoms with van der Waals surface area (Å²) < 4.78 is 26.9. The summed E-state index contributed by atoms with van der Waals surface area (Å²) >= 11 is 6.08. The molecule has 3 aromatic rings. The van der Waals surface area contributed by atoms with Gasteiger partial charge in [-0.15, -0.1) is 0 Å². The Morgan fingerprint density at radius 3 is 2.63 bits per heavy atom. The van der Waals surface area contributed by atoms with E-state index < -0.39 is 19.5 Å². The molecule has 2 aromatic heterocycles. The van der Waals surface area contributed by atoms with Gasteiger partial charge >= 0.3 is 0 Å². The molecule has 0 radical (unpaired) electrons. The lowest BCUT2D eigenvalue weighted by Gasteiger charge is -2.39. The number of benzene rings is 1. The monoisotopic (exact) mass is 554 g/mol. The number of rotatable bonds is 7. The zero-order valence-electron chi connectivity index (χ0n) is 22.7. The first-order valence-corrected chi connectivity index (χ1v) is 15.5. The lowest BCUT2D eigenvalue weighted by molar-refractivity contribution is 0.220. The fourth-order valence-electron chi connectivity index (χ4n) is 4.03. The van der Waals surface area contributed by atoms with Crippen molar-refractivity contribution in [2.75, 3.05) is 30.9 Å². The SMILES string of the molecule is COc1ncc(Cl)cc1Nc1ncc(F)c(-c2cc(C#N)c3c(c2)C(C)(CO[Si](C)(C)C(C)(C)C)CN3)n1. The van der Waals surface area contributed by atoms with Gasteiger partial charge in [-0.1, -0.05) is 39.3 Å². The van der Waals surface area contributed by atoms with E-state index >= 15 is 4.39 Å². The van der Waals surface area contributed by atoms with E-state index in [1.165, 1.54) is 13.3 Å². The molecule has 0 saturated carbocycles. The van der Waals surface area contributed by atoms with E-state index in [-0.39, 0.29) is 22.6 Å². The van der Waals surface area contributed by atoms with E-state index in [9.17, 15) is 5.26 Å². The second kappa shape index (κ2) is 10.1. The van der Waals surface area contributed by atoms with Crippen LogP contribution in [-0.4, -0.2) is 43.5 Å². The van der Waals surface area contributed by atoms with E-state index in [1.54, 1.807) is 12.1 Å². The first kappa shape index (κ1) is 27.8. The standard InChI is InChI=1S/C27H32ClFN6O2Si/c1-26(2,3)38(6,7)37-15-27(4)14-33-22-17(11-30)8-16(9-19(22)27)23-20(29)13-32-25(35-23)34-21-10-18(28)12-31-24(21)36-5/h8-10,12-13,33H,14-15H2,1-7H3,(H,32,34,35). The lowest BCUT2D eigenvalue weighted by Crippen LogP contribution is -2.45. The molecule has 2 N–H and O–H groups in total. The summed E-state index contributed by atoms with van der Waals surface area (Å²) in [6.45, 7) is 14.2. The second-order valence-corrected chi connectivity index (χ2v) is 16.5. The fraction of sp³-hybridized carbons (Fsp3) is 0.407. The number of ether oxygens (including phenoxy) is 1. The molecule has 0 saturated heterocycles. The van der Waals surface area contributed by atoms with E-state index in [4.69, 9.17) is 20.8 Å². The van der Waals surface area contributed by atoms with Crippen molar-refractivity contribution in [3.05, 3.63) is 52.6 Å². The van der Waals surface area contributed by atoms with Gasteiger partial charge in [0, 0.05) is 30.3 Å². The van der Waals surface area contributed by atoms with Crippen LogP contribution < -0.4 is 15.4 Å². The minimum atomic E-state index is -2.01. The molecule has 1 unspecified atom stereocenters. The smallest absolute Gasteiger partial charge is 0.237 e. The number of hydrogen-bond donors (Lipinski definition) is 2. The van der Waals surface area contributed by atoms with Crippen LogP contribution in [0.25, 0.3) is 11.3 Å². The van der Waals surface area contributed by atoms with Crippen LogP contribution in [0.3, 0.4) is 0 Å². The Labute approximate surface area is 228 Å². The van der Waals surface area contributed by atoms with Gasteiger partial charge in [0.15, 0.2) is 14.1 Å². The third-order valence-electron chi connectivity index (χ3n) is 7.40. The predicted molar refractivity (Wildman–Crippen MR) is 150 cm³/mol. The third-order valence-corrected chi connectivity index (χ3v) is 12.1. The molecule has 1 aromatic carbocycles. The van der Waals surface area contributed by atoms with Crippen molar-refractivity contribution in [2.24, 2.45) is 0 Å². The molecule has 200 valence electrons. The number of fused-ring (bicyclic) bond motifs is 1. The molecule has 1 aliphatic heterocycles. The van der Waals surface area contributed by atoms with Crippen molar-refractivity contribution in [2.45, 2.75) is 51.2 Å². The van der Waals surface area contributed by atoms with Gasteiger partial charge in [-0.2, -0.15) is 5.26 Å². The number of halogens is 2. The summed E-state index contributed by atoms with van der Waals surface area (Å²) in [5.74, 6) is -0.192. The van der Waals surface area contributed by atoms with Crippen LogP contribution in [0.15, 0.2) is 30.6 Å². The molecule has 0 spiro atoms. The molecule has 4 rings (SSSR count). The van der Waals surface area contributed by atoms with Gasteiger partial charge in [-0.05, 0) is 41.9 Å². The Bertz CT molecular complexity index is 1420. The number of methoxy groups -OCH3 is 1. The van der Waals surface area contributed by atoms with E-state index in [0.717, 1.165) is 17.4 Å². The molecule has 0 aliphatic carbocycles. The highest BCUT2D eigenvalue weighted by Crippen LogP contribution is 2.44. The van der Waals surface area contributed by atoms with Crippen molar-refractivity contribution in [3.8, 4) is 23.2 Å². The maximum absolute atomic E-state index is 15.1. The number of hydrogen-bond acceptors (Lipinski definition) is 8. The first-order valence-electron chi connectivity index (χ1n) is 12.2. The number of anilines is 3. The van der Waals surface area contributed by atoms with Crippen molar-refractivity contribution in [3.63, 3.8) is 0 Å². The molecule has 8 nitrogen and oxygen atoms in total. The highest BCUT2D eigenvalue weighted by atomic mass is 35.5. The molecular weight excluding hydrogens is 523 g/mol. The largest absolute Gasteiger partial charge is 0.480 e. The van der Waals surface area contributed by atoms with Crippen LogP contribution in [0.5, 0.6) is 5.88 Å². The molecule has 38 heavy (non-hydrogen) atoms. The summed E-state index contributed by atoms with van der Waals surface area (Å²) in [4.78, 5) is 12.6. The minimum Gasteiger partial charge on any atom is -0.480 e. The average molecular weight is 555 g/mol. The maximum Gasteiger partial charge on any atom is 0.237 e. The molecule has 0 fully saturated rings. The summed E-state index contributed by atoms with van der Waals surface area (Å²) in [5.41, 5.74) is 2.64. The summed E-state index contributed by atoms with van der Waals surface area (Å²) in [6, 6.07) is 7.40. The van der Waals surface area contributed by atoms with Gasteiger partial charge in [0.05, 0.1) is 29.6 Å². The lowest BCUT2D eigenvalue weighted by atomic mass is 9.83. The quantitative estimate of drug-likeness (QED) is 0.312. The Morgan fingerprint density at radius 2 is 1.97 bits per heavy atom. The number of pyridine rings is 1. The van der Waals surface area contributed by atoms with Crippen molar-refractivity contribution in [1.82, 2.24) is 15.0 Å². The predicted octanol–water partition coefficient (Wildman–Crippen LogP) is 6.66. The van der Waals surface area contributed by atoms with E-state index in [0.29, 0.717) is 35.0 Å². The Hall–Kier alpha value is -3.26. The second-order valence-electron chi connectivity index (χ2n) is 11.2. The summed E-state index contributed by atoms with van der Waals surface area (Å²) in [6.07, 6.45) is 2.54. The van der Waals surface area contributed by atoms with Crippen molar-refractivity contribution in [1.29, 1.82) is 5.26 Å². The molecule has 1 aliphatic rings. The minimum absolute atomic E-state index is 0.0621. The zero-order valence-corrected chi connectivity index (χ0v) is 24.4. The third kappa shape index (κ3) is 5.32. The van der Waals surface area contributed by atoms with Crippen molar-refractivity contribution < 1.29 is 13.6 Å². The Kier molecular flexibility index (Phi) is 7.40. The fourth-order valence-corrected chi connectivity index (χ4v) is 5.30. The summed E-state index contributed by atoms with van der Waals surface area (Å²) in [5, 5.41) is 16.8. The number of aromatic nitrogens is 3. The molecule has 0 amide bonds. The van der Waals surface area contributed by atoms with E-state index in [2.05, 4.69) is 72.4 Å². The average Bonchev–Trinajstić information content (AvgIpc) is 3.20. The normalized spacial score (nSPS) is 16.9. The first-order chi connectivity index (χ1) is 17.8. The van der Waals surface area contributed by atoms with Gasteiger partial charge in [0.25, 0.3) is 0 Å². The van der Waals surface area contributed by atoms with Crippen LogP contribution >= 0.6 is 11.6 Å². The van der Waals surface area contributed by atoms with Crippen LogP contribution in [-0.2, 0) is 9.84 Å². The highest BCUT2D eigenvalue weighted by Gasteiger charge is 2.42. The molecule has 11 heteroatoms. The van der Waals surface area contributed by atoms with E-state index in [1.807, 2.05) is 6.07 Å². The van der Waals surface area contributed by atoms with Gasteiger partial charge in [0.2, 0.25) is 11.8 Å². The van der Waals surface area contributed by atoms with Gasteiger partial charge in [-0.3, -0.25) is 0 Å². The highest BCUT2D eigenvalue weighted by molar-refractivity contribution is 6.74. The van der Waals surface area contributed by atoms with Gasteiger partial charge in [-0.25, -0.2) is 19.3 Å². The number of nitrogens with zero attached hydrogens (tertiary/aromatic N) is 4. The van der Waals surface area contributed by atoms with Crippen LogP contribution in [0.2, 0.25) is 23.2 Å². The molecule has 1 atom stereocenters. The van der Waals surface area contributed by atoms with Gasteiger partial charge in [0.1, 0.15) is 17.5 Å². The molecule has 0 bridgehead atoms. The van der Waals surface area contributed by atoms with Gasteiger partial charge < -0.3 is 19.8 Å². The number of nitriles is 1. The molecular formula is C27H32ClFN6O2Si. The van der Waals surface area contributed by atoms with Crippen LogP contribution in [0.4, 0.5) is 21.7 Å². The maximum atomic E-state index is 15.1. The van der Waals surface area contributed by atoms with Crippen LogP contribution in [0, 0.1) is 17.1 Å². The molecule has 3 heterocycles.